The molecule has 0 spiro atoms. The predicted octanol–water partition coefficient (Wildman–Crippen LogP) is 1.19. The first-order valence-corrected chi connectivity index (χ1v) is 14.0. The molecule has 2 rings (SSSR count). The Balaban J connectivity index is 2.48. The molecule has 4 N–H and O–H groups in total. The molecule has 2 heterocycles. The second-order valence-electron chi connectivity index (χ2n) is 9.94. The van der Waals surface area contributed by atoms with E-state index in [-0.39, 0.29) is 10.8 Å². The van der Waals surface area contributed by atoms with Gasteiger partial charge in [0.15, 0.2) is 11.7 Å². The lowest BCUT2D eigenvalue weighted by Gasteiger charge is -2.33. The van der Waals surface area contributed by atoms with Crippen molar-refractivity contribution in [1.29, 1.82) is 0 Å². The van der Waals surface area contributed by atoms with Crippen LogP contribution >= 0.6 is 7.67 Å². The zero-order valence-electron chi connectivity index (χ0n) is 23.2. The van der Waals surface area contributed by atoms with E-state index >= 15 is 8.78 Å². The monoisotopic (exact) mass is 638 g/mol. The van der Waals surface area contributed by atoms with E-state index in [9.17, 15) is 42.0 Å². The van der Waals surface area contributed by atoms with Gasteiger partial charge in [0.2, 0.25) is 12.0 Å². The molecular formula is C22H32F5N4O10P. The minimum atomic E-state index is -4.89. The number of aliphatic hydroxyl groups excluding tert-OH is 1. The van der Waals surface area contributed by atoms with Crippen LogP contribution in [0.4, 0.5) is 22.0 Å². The van der Waals surface area contributed by atoms with Crippen molar-refractivity contribution in [1.82, 2.24) is 19.7 Å². The van der Waals surface area contributed by atoms with Crippen LogP contribution in [-0.4, -0.2) is 81.5 Å². The average molecular weight is 638 g/mol. The molecule has 20 heteroatoms. The van der Waals surface area contributed by atoms with Gasteiger partial charge in [-0.1, -0.05) is 0 Å². The molecule has 1 saturated heterocycles. The smallest absolute Gasteiger partial charge is 0.342 e. The molecule has 5 atom stereocenters. The van der Waals surface area contributed by atoms with Gasteiger partial charge in [0.1, 0.15) is 12.1 Å². The van der Waals surface area contributed by atoms with Crippen LogP contribution in [0.1, 0.15) is 47.8 Å². The summed E-state index contributed by atoms with van der Waals surface area (Å²) in [4.78, 5) is 49.3. The molecule has 0 bridgehead atoms. The quantitative estimate of drug-likeness (QED) is 0.138. The SMILES string of the molecule is CC(C)OC(=O)C(C)NP(=O)(NC(C)C(=O)OC(C)C)OCC1(C(F)F)OC(n2cc(F)c(=O)[nH]c2=O)C(F)(F)C1O. The summed E-state index contributed by atoms with van der Waals surface area (Å²) in [6, 6.07) is -2.99. The summed E-state index contributed by atoms with van der Waals surface area (Å²) < 4.78 is 106. The topological polar surface area (TPSA) is 187 Å². The van der Waals surface area contributed by atoms with Gasteiger partial charge in [0.05, 0.1) is 25.0 Å². The molecule has 1 aliphatic heterocycles. The Morgan fingerprint density at radius 2 is 1.55 bits per heavy atom. The van der Waals surface area contributed by atoms with E-state index in [0.29, 0.717) is 0 Å². The standard InChI is InChI=1S/C22H32F5N4O10P/c1-9(2)39-15(33)11(5)29-42(37,30-12(6)16(34)40-10(3)4)38-8-21(18(24)25)17(35)22(26,27)19(41-21)31-7-13(23)14(32)28-20(31)36/h7,9-12,17-19,35H,8H2,1-6H3,(H,28,32,36)(H2,29,30,37). The van der Waals surface area contributed by atoms with Gasteiger partial charge in [0, 0.05) is 0 Å². The highest BCUT2D eigenvalue weighted by molar-refractivity contribution is 7.54. The van der Waals surface area contributed by atoms with Gasteiger partial charge in [-0.25, -0.2) is 23.7 Å². The highest BCUT2D eigenvalue weighted by Crippen LogP contribution is 2.52. The molecule has 1 aliphatic rings. The number of aliphatic hydroxyl groups is 1. The average Bonchev–Trinajstić information content (AvgIpc) is 3.05. The van der Waals surface area contributed by atoms with E-state index in [4.69, 9.17) is 18.7 Å². The molecule has 0 aromatic carbocycles. The number of nitrogens with one attached hydrogen (secondary N) is 3. The Bertz CT molecular complexity index is 1270. The minimum absolute atomic E-state index is 0.0348. The Morgan fingerprint density at radius 1 is 1.07 bits per heavy atom. The molecule has 14 nitrogen and oxygen atoms in total. The zero-order valence-corrected chi connectivity index (χ0v) is 24.1. The van der Waals surface area contributed by atoms with Crippen LogP contribution in [0.25, 0.3) is 0 Å². The van der Waals surface area contributed by atoms with Crippen LogP contribution in [0.5, 0.6) is 0 Å². The highest BCUT2D eigenvalue weighted by atomic mass is 31.2. The number of hydrogen-bond donors (Lipinski definition) is 4. The van der Waals surface area contributed by atoms with E-state index in [1.165, 1.54) is 32.7 Å². The van der Waals surface area contributed by atoms with Crippen LogP contribution < -0.4 is 21.4 Å². The number of carbonyl (C=O) groups is 2. The number of H-pyrrole nitrogens is 1. The van der Waals surface area contributed by atoms with Crippen molar-refractivity contribution in [3.05, 3.63) is 32.9 Å². The number of aromatic nitrogens is 2. The van der Waals surface area contributed by atoms with Crippen molar-refractivity contribution in [2.45, 2.75) is 96.1 Å². The molecule has 240 valence electrons. The van der Waals surface area contributed by atoms with Crippen molar-refractivity contribution in [3.63, 3.8) is 0 Å². The van der Waals surface area contributed by atoms with Gasteiger partial charge in [-0.05, 0) is 41.5 Å². The molecule has 1 fully saturated rings. The molecule has 0 radical (unpaired) electrons. The maximum atomic E-state index is 15.1. The lowest BCUT2D eigenvalue weighted by atomic mass is 9.96. The first-order chi connectivity index (χ1) is 19.2. The number of ether oxygens (including phenoxy) is 3. The number of carbonyl (C=O) groups excluding carboxylic acids is 2. The fourth-order valence-corrected chi connectivity index (χ4v) is 5.46. The van der Waals surface area contributed by atoms with Crippen LogP contribution in [0.3, 0.4) is 0 Å². The summed E-state index contributed by atoms with van der Waals surface area (Å²) in [5, 5.41) is 14.6. The maximum absolute atomic E-state index is 15.1. The summed E-state index contributed by atoms with van der Waals surface area (Å²) in [7, 11) is -4.89. The fraction of sp³-hybridized carbons (Fsp3) is 0.727. The largest absolute Gasteiger partial charge is 0.462 e. The molecule has 0 aliphatic carbocycles. The number of nitrogens with zero attached hydrogens (tertiary/aromatic N) is 1. The van der Waals surface area contributed by atoms with Crippen molar-refractivity contribution in [2.75, 3.05) is 6.61 Å². The van der Waals surface area contributed by atoms with Gasteiger partial charge in [-0.3, -0.25) is 28.5 Å². The normalized spacial score (nSPS) is 24.9. The lowest BCUT2D eigenvalue weighted by molar-refractivity contribution is -0.192. The number of aromatic amines is 1. The van der Waals surface area contributed by atoms with Gasteiger partial charge >= 0.3 is 31.2 Å². The zero-order chi connectivity index (χ0) is 32.4. The first kappa shape index (κ1) is 35.5. The fourth-order valence-electron chi connectivity index (χ4n) is 3.62. The van der Waals surface area contributed by atoms with Crippen LogP contribution in [0.2, 0.25) is 0 Å². The third-order valence-corrected chi connectivity index (χ3v) is 7.59. The number of rotatable bonds is 13. The summed E-state index contributed by atoms with van der Waals surface area (Å²) in [5.74, 6) is -8.49. The summed E-state index contributed by atoms with van der Waals surface area (Å²) in [6.07, 6.45) is -11.9. The predicted molar refractivity (Wildman–Crippen MR) is 132 cm³/mol. The van der Waals surface area contributed by atoms with Gasteiger partial charge < -0.3 is 23.8 Å². The van der Waals surface area contributed by atoms with E-state index in [1.807, 2.05) is 0 Å². The Hall–Kier alpha value is -2.70. The number of hydrogen-bond acceptors (Lipinski definition) is 10. The number of halogens is 5. The van der Waals surface area contributed by atoms with Crippen LogP contribution in [-0.2, 0) is 32.9 Å². The number of esters is 2. The van der Waals surface area contributed by atoms with Gasteiger partial charge in [-0.15, -0.1) is 0 Å². The maximum Gasteiger partial charge on any atom is 0.342 e. The van der Waals surface area contributed by atoms with Crippen molar-refractivity contribution < 1.29 is 59.9 Å². The molecule has 5 unspecified atom stereocenters. The Morgan fingerprint density at radius 3 is 1.98 bits per heavy atom. The van der Waals surface area contributed by atoms with E-state index in [0.717, 1.165) is 13.8 Å². The summed E-state index contributed by atoms with van der Waals surface area (Å²) in [5.41, 5.74) is -7.01. The molecular weight excluding hydrogens is 606 g/mol. The number of alkyl halides is 4. The summed E-state index contributed by atoms with van der Waals surface area (Å²) in [6.45, 7) is 6.42. The minimum Gasteiger partial charge on any atom is -0.462 e. The molecule has 0 amide bonds. The van der Waals surface area contributed by atoms with Gasteiger partial charge in [-0.2, -0.15) is 13.2 Å². The van der Waals surface area contributed by atoms with E-state index in [1.54, 1.807) is 0 Å². The first-order valence-electron chi connectivity index (χ1n) is 12.4. The van der Waals surface area contributed by atoms with Crippen LogP contribution in [0, 0.1) is 5.82 Å². The molecule has 0 saturated carbocycles. The van der Waals surface area contributed by atoms with E-state index < -0.39 is 97.9 Å². The Labute approximate surface area is 235 Å². The van der Waals surface area contributed by atoms with Crippen LogP contribution in [0.15, 0.2) is 15.8 Å². The second kappa shape index (κ2) is 13.3. The van der Waals surface area contributed by atoms with Gasteiger partial charge in [0.25, 0.3) is 12.0 Å². The van der Waals surface area contributed by atoms with Crippen molar-refractivity contribution in [3.8, 4) is 0 Å². The summed E-state index contributed by atoms with van der Waals surface area (Å²) >= 11 is 0. The molecule has 1 aromatic heterocycles. The van der Waals surface area contributed by atoms with Crippen molar-refractivity contribution >= 4 is 19.6 Å². The molecule has 1 aromatic rings. The van der Waals surface area contributed by atoms with Crippen molar-refractivity contribution in [2.24, 2.45) is 0 Å². The second-order valence-corrected chi connectivity index (χ2v) is 11.8. The Kier molecular flexibility index (Phi) is 11.2. The highest BCUT2D eigenvalue weighted by Gasteiger charge is 2.71. The molecule has 42 heavy (non-hydrogen) atoms. The third-order valence-electron chi connectivity index (χ3n) is 5.64. The van der Waals surface area contributed by atoms with E-state index in [2.05, 4.69) is 10.2 Å². The third kappa shape index (κ3) is 7.82. The lowest BCUT2D eigenvalue weighted by Crippen LogP contribution is -2.55.